The second-order valence-electron chi connectivity index (χ2n) is 17.8. The normalized spacial score (nSPS) is 13.2. The van der Waals surface area contributed by atoms with Gasteiger partial charge in [-0.3, -0.25) is 31.7 Å². The monoisotopic (exact) mass is 1310 g/mol. The number of azo groups is 3. The van der Waals surface area contributed by atoms with Crippen LogP contribution in [0.3, 0.4) is 0 Å². The van der Waals surface area contributed by atoms with Gasteiger partial charge in [0.1, 0.15) is 49.0 Å². The molecule has 0 aliphatic rings. The maximum Gasteiger partial charge on any atom is 0.298 e. The van der Waals surface area contributed by atoms with Gasteiger partial charge in [0.15, 0.2) is 11.3 Å². The number of fused-ring (bicyclic) bond motifs is 6. The van der Waals surface area contributed by atoms with Gasteiger partial charge in [0.2, 0.25) is 11.0 Å². The molecule has 0 aliphatic heterocycles. The highest BCUT2D eigenvalue weighted by Gasteiger charge is 2.29. The molecular weight excluding hydrogens is 1270 g/mol. The number of hydrogen-bond donors (Lipinski definition) is 7. The van der Waals surface area contributed by atoms with Gasteiger partial charge in [0.25, 0.3) is 60.7 Å². The van der Waals surface area contributed by atoms with Crippen molar-refractivity contribution >= 4 is 155 Å². The van der Waals surface area contributed by atoms with E-state index in [4.69, 9.17) is 9.47 Å². The number of hydrogen-bond acceptors (Lipinski definition) is 26. The van der Waals surface area contributed by atoms with E-state index in [1.54, 1.807) is 13.8 Å². The molecule has 0 atom stereocenters. The number of rotatable bonds is 21. The van der Waals surface area contributed by atoms with E-state index in [0.717, 1.165) is 35.4 Å². The number of aromatic hydroxyl groups is 1. The van der Waals surface area contributed by atoms with Crippen LogP contribution in [0.25, 0.3) is 37.7 Å². The molecule has 0 bridgehead atoms. The lowest BCUT2D eigenvalue weighted by Crippen LogP contribution is -2.08. The zero-order chi connectivity index (χ0) is 61.8. The highest BCUT2D eigenvalue weighted by atomic mass is 32.2. The van der Waals surface area contributed by atoms with Gasteiger partial charge in [-0.1, -0.05) is 11.3 Å². The van der Waals surface area contributed by atoms with Crippen LogP contribution < -0.4 is 9.47 Å². The molecule has 0 amide bonds. The maximum atomic E-state index is 12.6. The fourth-order valence-corrected chi connectivity index (χ4v) is 13.9. The number of nitrogens with zero attached hydrogens (tertiary/aromatic N) is 10. The first-order valence-corrected chi connectivity index (χ1v) is 33.9. The first-order chi connectivity index (χ1) is 39.0. The molecule has 8 aromatic rings. The first-order valence-electron chi connectivity index (χ1n) is 23.1. The molecule has 0 saturated heterocycles. The van der Waals surface area contributed by atoms with E-state index >= 15 is 0 Å². The van der Waals surface area contributed by atoms with E-state index in [1.807, 2.05) is 6.07 Å². The van der Waals surface area contributed by atoms with Crippen molar-refractivity contribution in [2.45, 2.75) is 58.1 Å². The predicted molar refractivity (Wildman–Crippen MR) is 300 cm³/mol. The summed E-state index contributed by atoms with van der Waals surface area (Å²) in [5.74, 6) is -2.35. The summed E-state index contributed by atoms with van der Waals surface area (Å²) in [7, 11) is -28.2. The number of thiazole rings is 1. The number of nitriles is 1. The van der Waals surface area contributed by atoms with Crippen LogP contribution in [0.2, 0.25) is 0 Å². The molecule has 444 valence electrons. The minimum atomic E-state index is -5.32. The summed E-state index contributed by atoms with van der Waals surface area (Å²) in [6.45, 7) is 4.21. The van der Waals surface area contributed by atoms with Crippen LogP contribution in [0.1, 0.15) is 35.1 Å². The molecule has 5 aromatic carbocycles. The van der Waals surface area contributed by atoms with Crippen molar-refractivity contribution in [1.29, 1.82) is 5.26 Å². The molecule has 0 aliphatic carbocycles. The number of ether oxygens (including phenoxy) is 2. The topological polar surface area (TPSA) is 493 Å². The number of aromatic nitrogens is 3. The Morgan fingerprint density at radius 3 is 1.83 bits per heavy atom. The Morgan fingerprint density at radius 2 is 1.23 bits per heavy atom. The van der Waals surface area contributed by atoms with Gasteiger partial charge < -0.3 is 14.6 Å². The highest BCUT2D eigenvalue weighted by Crippen LogP contribution is 2.45. The number of pyridine rings is 1. The fraction of sp³-hybridized carbons (Fsp3) is 0.222. The van der Waals surface area contributed by atoms with Crippen LogP contribution in [-0.2, 0) is 60.7 Å². The molecule has 0 unspecified atom stereocenters. The van der Waals surface area contributed by atoms with Crippen molar-refractivity contribution in [3.63, 3.8) is 0 Å². The SMILES string of the molecule is COc1cc2nc3c(C#N)c(C)c(N=Nc4cc(C)c(N=Nc5cc(C)c(N=Nc6nc7c(S(=O)(=O)O)cc8c(S(=O)(=O)O)cc(S(=O)(=O)O)cc8c7s6)cc5SCCCS(=O)(=O)O)cc4OCCCS(=O)(=O)O)c(O)n3c2cc1S(=O)(=O)O. The Hall–Kier alpha value is -7.30. The molecule has 7 N–H and O–H groups in total. The third kappa shape index (κ3) is 13.8. The summed E-state index contributed by atoms with van der Waals surface area (Å²) in [5.41, 5.74) is -0.127. The van der Waals surface area contributed by atoms with Gasteiger partial charge >= 0.3 is 0 Å². The van der Waals surface area contributed by atoms with Gasteiger partial charge in [-0.25, -0.2) is 9.97 Å². The Bertz CT molecular complexity index is 4970. The second kappa shape index (κ2) is 23.3. The number of methoxy groups -OCH3 is 1. The van der Waals surface area contributed by atoms with E-state index in [-0.39, 0.29) is 113 Å². The van der Waals surface area contributed by atoms with Crippen LogP contribution in [0.5, 0.6) is 17.4 Å². The van der Waals surface area contributed by atoms with Gasteiger partial charge in [-0.05, 0) is 93.0 Å². The predicted octanol–water partition coefficient (Wildman–Crippen LogP) is 9.02. The lowest BCUT2D eigenvalue weighted by atomic mass is 10.1. The molecule has 0 fully saturated rings. The van der Waals surface area contributed by atoms with Crippen LogP contribution in [0.15, 0.2) is 110 Å². The van der Waals surface area contributed by atoms with E-state index in [9.17, 15) is 88.2 Å². The lowest BCUT2D eigenvalue weighted by Gasteiger charge is -2.12. The third-order valence-electron chi connectivity index (χ3n) is 12.0. The van der Waals surface area contributed by atoms with E-state index < -0.39 is 109 Å². The fourth-order valence-electron chi connectivity index (χ4n) is 8.12. The van der Waals surface area contributed by atoms with E-state index in [0.29, 0.717) is 34.6 Å². The van der Waals surface area contributed by atoms with Gasteiger partial charge in [-0.2, -0.15) is 60.9 Å². The minimum Gasteiger partial charge on any atom is -0.495 e. The standard InChI is InChI=1S/C45H40N10O21S8/c1-21-11-31(51-53-40-23(3)27(20-46)43-47-30-17-35(75-4)38(83(69,70)71)19-33(30)55(43)44(40)56)34(76-7-5-9-79(57,58)59)16-28(21)49-52-32-12-22(2)29(18-36(32)77-8-6-10-80(60,61)62)50-54-45-48-41-39(84(72,73)74)15-25-26(42(41)78-45)13-24(81(63,64)65)14-37(25)82(66,67)68/h11-19,56H,5-10H2,1-4H3,(H,57,58,59)(H,60,61,62)(H,63,64,65)(H,66,67,68)(H,69,70,71)(H,72,73,74). The van der Waals surface area contributed by atoms with E-state index in [2.05, 4.69) is 40.7 Å². The summed E-state index contributed by atoms with van der Waals surface area (Å²) >= 11 is 1.57. The van der Waals surface area contributed by atoms with Crippen molar-refractivity contribution in [3.8, 4) is 23.4 Å². The molecule has 3 aromatic heterocycles. The van der Waals surface area contributed by atoms with Crippen molar-refractivity contribution in [3.05, 3.63) is 76.9 Å². The van der Waals surface area contributed by atoms with E-state index in [1.165, 1.54) is 37.3 Å². The van der Waals surface area contributed by atoms with Crippen molar-refractivity contribution in [1.82, 2.24) is 14.4 Å². The zero-order valence-electron chi connectivity index (χ0n) is 43.0. The second-order valence-corrected chi connectivity index (χ2v) is 28.7. The summed E-state index contributed by atoms with van der Waals surface area (Å²) < 4.78 is 216. The number of benzene rings is 5. The summed E-state index contributed by atoms with van der Waals surface area (Å²) in [6.07, 6.45) is -0.302. The van der Waals surface area contributed by atoms with Crippen molar-refractivity contribution < 1.29 is 92.4 Å². The Morgan fingerprint density at radius 1 is 0.631 bits per heavy atom. The number of imidazole rings is 1. The Kier molecular flexibility index (Phi) is 17.4. The first kappa shape index (κ1) is 62.7. The highest BCUT2D eigenvalue weighted by molar-refractivity contribution is 7.99. The van der Waals surface area contributed by atoms with Crippen molar-refractivity contribution in [2.75, 3.05) is 31.0 Å². The lowest BCUT2D eigenvalue weighted by molar-refractivity contribution is 0.317. The average Bonchev–Trinajstić information content (AvgIpc) is 1.54. The molecule has 31 nitrogen and oxygen atoms in total. The molecule has 0 spiro atoms. The number of thioether (sulfide) groups is 1. The molecule has 8 rings (SSSR count). The van der Waals surface area contributed by atoms with Crippen LogP contribution in [-0.4, -0.2) is 128 Å². The molecule has 0 radical (unpaired) electrons. The smallest absolute Gasteiger partial charge is 0.298 e. The molecule has 3 heterocycles. The van der Waals surface area contributed by atoms with Crippen LogP contribution in [0.4, 0.5) is 33.6 Å². The summed E-state index contributed by atoms with van der Waals surface area (Å²) in [6, 6.07) is 11.6. The molecule has 84 heavy (non-hydrogen) atoms. The van der Waals surface area contributed by atoms with Gasteiger partial charge in [0, 0.05) is 33.4 Å². The summed E-state index contributed by atoms with van der Waals surface area (Å²) in [5, 5.41) is 46.4. The summed E-state index contributed by atoms with van der Waals surface area (Å²) in [4.78, 5) is 4.99. The average molecular weight is 1310 g/mol. The quantitative estimate of drug-likeness (QED) is 0.0153. The molecule has 0 saturated carbocycles. The third-order valence-corrected chi connectivity index (χ3v) is 19.2. The Labute approximate surface area is 484 Å². The van der Waals surface area contributed by atoms with Crippen LogP contribution in [0, 0.1) is 32.1 Å². The minimum absolute atomic E-state index is 0.0461. The Balaban J connectivity index is 1.20. The van der Waals surface area contributed by atoms with Gasteiger partial charge in [0.05, 0.1) is 62.9 Å². The zero-order valence-corrected chi connectivity index (χ0v) is 49.6. The maximum absolute atomic E-state index is 12.6. The van der Waals surface area contributed by atoms with Crippen molar-refractivity contribution in [2.24, 2.45) is 30.7 Å². The number of aryl methyl sites for hydroxylation is 2. The largest absolute Gasteiger partial charge is 0.495 e. The van der Waals surface area contributed by atoms with Crippen LogP contribution >= 0.6 is 23.1 Å². The van der Waals surface area contributed by atoms with Gasteiger partial charge in [-0.15, -0.1) is 37.3 Å². The molecule has 39 heteroatoms. The molecular formula is C45H40N10O21S8.